The van der Waals surface area contributed by atoms with Gasteiger partial charge in [-0.05, 0) is 29.8 Å². The summed E-state index contributed by atoms with van der Waals surface area (Å²) in [5, 5.41) is 2.98. The summed E-state index contributed by atoms with van der Waals surface area (Å²) in [6, 6.07) is 26.0. The first-order valence-electron chi connectivity index (χ1n) is 9.65. The van der Waals surface area contributed by atoms with Crippen LogP contribution in [0.5, 0.6) is 0 Å². The first-order chi connectivity index (χ1) is 14.6. The van der Waals surface area contributed by atoms with Crippen LogP contribution in [-0.2, 0) is 11.8 Å². The number of nitrogens with one attached hydrogen (secondary N) is 1. The molecule has 0 spiro atoms. The first-order valence-corrected chi connectivity index (χ1v) is 10.5. The third kappa shape index (κ3) is 4.39. The van der Waals surface area contributed by atoms with Gasteiger partial charge in [-0.2, -0.15) is 4.99 Å². The quantitative estimate of drug-likeness (QED) is 0.530. The van der Waals surface area contributed by atoms with E-state index < -0.39 is 6.04 Å². The van der Waals surface area contributed by atoms with Crippen LogP contribution in [0, 0.1) is 0 Å². The molecular weight excluding hydrogens is 394 g/mol. The van der Waals surface area contributed by atoms with Gasteiger partial charge in [-0.15, -0.1) is 0 Å². The normalized spacial score (nSPS) is 12.6. The van der Waals surface area contributed by atoms with E-state index in [9.17, 15) is 9.59 Å². The number of rotatable bonds is 5. The molecular formula is C24H21N3O2S. The Morgan fingerprint density at radius 1 is 0.933 bits per heavy atom. The van der Waals surface area contributed by atoms with Crippen molar-refractivity contribution in [1.82, 2.24) is 9.88 Å². The van der Waals surface area contributed by atoms with Crippen LogP contribution in [0.25, 0.3) is 10.2 Å². The largest absolute Gasteiger partial charge is 0.345 e. The third-order valence-corrected chi connectivity index (χ3v) is 5.97. The fourth-order valence-corrected chi connectivity index (χ4v) is 4.32. The Balaban J connectivity index is 1.60. The standard InChI is InChI=1S/C24H21N3O2S/c1-27-20-14-8-9-15-21(20)30-24(27)26-22(28)16-19(17-10-4-2-5-11-17)25-23(29)18-12-6-3-7-13-18/h2-15,19H,16H2,1H3,(H,25,29)/t19-/m1/s1. The molecule has 1 aromatic heterocycles. The van der Waals surface area contributed by atoms with Gasteiger partial charge in [0.2, 0.25) is 0 Å². The fraction of sp³-hybridized carbons (Fsp3) is 0.125. The van der Waals surface area contributed by atoms with Gasteiger partial charge in [0, 0.05) is 12.6 Å². The monoisotopic (exact) mass is 415 g/mol. The highest BCUT2D eigenvalue weighted by molar-refractivity contribution is 7.16. The molecule has 3 aromatic carbocycles. The van der Waals surface area contributed by atoms with Crippen molar-refractivity contribution in [3.05, 3.63) is 101 Å². The van der Waals surface area contributed by atoms with Gasteiger partial charge >= 0.3 is 0 Å². The van der Waals surface area contributed by atoms with Gasteiger partial charge in [0.05, 0.1) is 22.7 Å². The smallest absolute Gasteiger partial charge is 0.251 e. The molecule has 5 nitrogen and oxygen atoms in total. The van der Waals surface area contributed by atoms with Crippen molar-refractivity contribution in [2.45, 2.75) is 12.5 Å². The van der Waals surface area contributed by atoms with E-state index in [0.717, 1.165) is 15.8 Å². The van der Waals surface area contributed by atoms with Crippen molar-refractivity contribution in [2.24, 2.45) is 12.0 Å². The van der Waals surface area contributed by atoms with Gasteiger partial charge in [0.1, 0.15) is 0 Å². The van der Waals surface area contributed by atoms with Crippen molar-refractivity contribution < 1.29 is 9.59 Å². The van der Waals surface area contributed by atoms with E-state index in [1.807, 2.05) is 84.4 Å². The van der Waals surface area contributed by atoms with Crippen LogP contribution in [0.4, 0.5) is 0 Å². The second-order valence-electron chi connectivity index (χ2n) is 6.92. The highest BCUT2D eigenvalue weighted by Gasteiger charge is 2.19. The highest BCUT2D eigenvalue weighted by Crippen LogP contribution is 2.19. The highest BCUT2D eigenvalue weighted by atomic mass is 32.1. The minimum Gasteiger partial charge on any atom is -0.345 e. The fourth-order valence-electron chi connectivity index (χ4n) is 3.28. The van der Waals surface area contributed by atoms with Crippen molar-refractivity contribution >= 4 is 33.4 Å². The van der Waals surface area contributed by atoms with Crippen LogP contribution in [0.15, 0.2) is 89.9 Å². The average molecular weight is 416 g/mol. The molecule has 1 heterocycles. The lowest BCUT2D eigenvalue weighted by Gasteiger charge is -2.18. The Kier molecular flexibility index (Phi) is 5.86. The van der Waals surface area contributed by atoms with E-state index in [1.165, 1.54) is 11.3 Å². The summed E-state index contributed by atoms with van der Waals surface area (Å²) in [5.74, 6) is -0.496. The zero-order valence-corrected chi connectivity index (χ0v) is 17.3. The van der Waals surface area contributed by atoms with E-state index in [1.54, 1.807) is 12.1 Å². The Bertz CT molecular complexity index is 1240. The Hall–Kier alpha value is -3.51. The van der Waals surface area contributed by atoms with Crippen molar-refractivity contribution in [2.75, 3.05) is 0 Å². The summed E-state index contributed by atoms with van der Waals surface area (Å²) in [7, 11) is 1.90. The molecule has 1 N–H and O–H groups in total. The van der Waals surface area contributed by atoms with Crippen LogP contribution in [-0.4, -0.2) is 16.4 Å². The number of thiazole rings is 1. The molecule has 1 atom stereocenters. The van der Waals surface area contributed by atoms with E-state index in [-0.39, 0.29) is 18.2 Å². The van der Waals surface area contributed by atoms with Crippen LogP contribution in [0.2, 0.25) is 0 Å². The summed E-state index contributed by atoms with van der Waals surface area (Å²) in [6.07, 6.45) is 0.0802. The molecule has 0 aliphatic carbocycles. The van der Waals surface area contributed by atoms with E-state index in [0.29, 0.717) is 10.4 Å². The van der Waals surface area contributed by atoms with Gasteiger partial charge in [-0.3, -0.25) is 9.59 Å². The molecule has 150 valence electrons. The summed E-state index contributed by atoms with van der Waals surface area (Å²) < 4.78 is 2.99. The number of carbonyl (C=O) groups is 2. The molecule has 30 heavy (non-hydrogen) atoms. The second kappa shape index (κ2) is 8.88. The van der Waals surface area contributed by atoms with Gasteiger partial charge in [0.25, 0.3) is 11.8 Å². The van der Waals surface area contributed by atoms with Gasteiger partial charge in [-0.25, -0.2) is 0 Å². The predicted octanol–water partition coefficient (Wildman–Crippen LogP) is 4.23. The number of hydrogen-bond donors (Lipinski definition) is 1. The molecule has 0 unspecified atom stereocenters. The Labute approximate surface area is 178 Å². The molecule has 0 saturated heterocycles. The molecule has 0 radical (unpaired) electrons. The second-order valence-corrected chi connectivity index (χ2v) is 7.93. The van der Waals surface area contributed by atoms with Gasteiger partial charge in [-0.1, -0.05) is 72.0 Å². The van der Waals surface area contributed by atoms with Crippen molar-refractivity contribution in [3.8, 4) is 0 Å². The van der Waals surface area contributed by atoms with Crippen LogP contribution >= 0.6 is 11.3 Å². The van der Waals surface area contributed by atoms with E-state index in [2.05, 4.69) is 10.3 Å². The van der Waals surface area contributed by atoms with Crippen LogP contribution in [0.1, 0.15) is 28.4 Å². The summed E-state index contributed by atoms with van der Waals surface area (Å²) >= 11 is 1.47. The summed E-state index contributed by atoms with van der Waals surface area (Å²) in [6.45, 7) is 0. The lowest BCUT2D eigenvalue weighted by molar-refractivity contribution is -0.118. The maximum Gasteiger partial charge on any atom is 0.251 e. The maximum atomic E-state index is 12.8. The number of nitrogens with zero attached hydrogens (tertiary/aromatic N) is 2. The average Bonchev–Trinajstić information content (AvgIpc) is 3.09. The SMILES string of the molecule is Cn1c(=NC(=O)C[C@@H](NC(=O)c2ccccc2)c2ccccc2)sc2ccccc21. The maximum absolute atomic E-state index is 12.8. The van der Waals surface area contributed by atoms with Crippen LogP contribution < -0.4 is 10.1 Å². The molecule has 0 bridgehead atoms. The summed E-state index contributed by atoms with van der Waals surface area (Å²) in [5.41, 5.74) is 2.45. The number of hydrogen-bond acceptors (Lipinski definition) is 3. The molecule has 6 heteroatoms. The van der Waals surface area contributed by atoms with Crippen molar-refractivity contribution in [3.63, 3.8) is 0 Å². The third-order valence-electron chi connectivity index (χ3n) is 4.86. The number of fused-ring (bicyclic) bond motifs is 1. The Morgan fingerprint density at radius 3 is 2.27 bits per heavy atom. The number of benzene rings is 3. The summed E-state index contributed by atoms with van der Waals surface area (Å²) in [4.78, 5) is 30.5. The zero-order valence-electron chi connectivity index (χ0n) is 16.5. The van der Waals surface area contributed by atoms with Crippen LogP contribution in [0.3, 0.4) is 0 Å². The molecule has 0 aliphatic rings. The number of aryl methyl sites for hydroxylation is 1. The lowest BCUT2D eigenvalue weighted by atomic mass is 10.0. The molecule has 0 aliphatic heterocycles. The molecule has 4 rings (SSSR count). The number of carbonyl (C=O) groups excluding carboxylic acids is 2. The Morgan fingerprint density at radius 2 is 1.57 bits per heavy atom. The molecule has 0 fully saturated rings. The molecule has 2 amide bonds. The van der Waals surface area contributed by atoms with Gasteiger partial charge in [0.15, 0.2) is 4.80 Å². The van der Waals surface area contributed by atoms with E-state index in [4.69, 9.17) is 0 Å². The molecule has 4 aromatic rings. The van der Waals surface area contributed by atoms with Crippen molar-refractivity contribution in [1.29, 1.82) is 0 Å². The topological polar surface area (TPSA) is 63.5 Å². The van der Waals surface area contributed by atoms with E-state index >= 15 is 0 Å². The number of aromatic nitrogens is 1. The lowest BCUT2D eigenvalue weighted by Crippen LogP contribution is -2.30. The minimum absolute atomic E-state index is 0.0802. The van der Waals surface area contributed by atoms with Gasteiger partial charge < -0.3 is 9.88 Å². The predicted molar refractivity (Wildman–Crippen MR) is 119 cm³/mol. The number of para-hydroxylation sites is 1. The zero-order chi connectivity index (χ0) is 20.9. The molecule has 0 saturated carbocycles. The minimum atomic E-state index is -0.463. The first kappa shape index (κ1) is 19.8. The number of amides is 2.